The van der Waals surface area contributed by atoms with Crippen LogP contribution in [-0.4, -0.2) is 48.4 Å². The number of carboxylic acids is 1. The minimum Gasteiger partial charge on any atom is -0.481 e. The van der Waals surface area contributed by atoms with Crippen LogP contribution in [0.4, 0.5) is 0 Å². The first-order chi connectivity index (χ1) is 8.54. The molecular weight excluding hydrogens is 238 g/mol. The third-order valence-electron chi connectivity index (χ3n) is 4.40. The van der Waals surface area contributed by atoms with Crippen LogP contribution in [0.25, 0.3) is 0 Å². The summed E-state index contributed by atoms with van der Waals surface area (Å²) in [4.78, 5) is 23.0. The number of carbonyl (C=O) groups excluding carboxylic acids is 1. The number of fused-ring (bicyclic) bond motifs is 1. The molecule has 6 nitrogen and oxygen atoms in total. The molecule has 0 unspecified atom stereocenters. The summed E-state index contributed by atoms with van der Waals surface area (Å²) < 4.78 is 10.7. The minimum absolute atomic E-state index is 0.00803. The molecule has 0 spiro atoms. The van der Waals surface area contributed by atoms with Gasteiger partial charge < -0.3 is 19.9 Å². The fourth-order valence-corrected chi connectivity index (χ4v) is 3.14. The number of ether oxygens (including phenoxy) is 2. The normalized spacial score (nSPS) is 45.6. The van der Waals surface area contributed by atoms with Crippen molar-refractivity contribution in [1.82, 2.24) is 5.32 Å². The molecule has 18 heavy (non-hydrogen) atoms. The Hall–Kier alpha value is -1.14. The van der Waals surface area contributed by atoms with Gasteiger partial charge in [0.2, 0.25) is 0 Å². The molecule has 3 aliphatic rings. The van der Waals surface area contributed by atoms with Gasteiger partial charge in [0.25, 0.3) is 5.91 Å². The van der Waals surface area contributed by atoms with Crippen LogP contribution in [0.3, 0.4) is 0 Å². The van der Waals surface area contributed by atoms with Crippen LogP contribution < -0.4 is 5.32 Å². The molecule has 1 aliphatic heterocycles. The maximum Gasteiger partial charge on any atom is 0.310 e. The quantitative estimate of drug-likeness (QED) is 0.727. The zero-order valence-electron chi connectivity index (χ0n) is 10.2. The van der Waals surface area contributed by atoms with Crippen LogP contribution in [0.5, 0.6) is 0 Å². The Bertz CT molecular complexity index is 398. The number of carboxylic acid groups (broad SMARTS) is 1. The average molecular weight is 255 g/mol. The summed E-state index contributed by atoms with van der Waals surface area (Å²) in [6.45, 7) is 2.75. The van der Waals surface area contributed by atoms with Crippen molar-refractivity contribution in [2.45, 2.75) is 38.0 Å². The van der Waals surface area contributed by atoms with Gasteiger partial charge in [0.1, 0.15) is 0 Å². The van der Waals surface area contributed by atoms with Crippen molar-refractivity contribution in [3.05, 3.63) is 0 Å². The van der Waals surface area contributed by atoms with Crippen LogP contribution in [0, 0.1) is 11.3 Å². The van der Waals surface area contributed by atoms with Gasteiger partial charge in [-0.2, -0.15) is 0 Å². The van der Waals surface area contributed by atoms with Crippen molar-refractivity contribution in [3.8, 4) is 0 Å². The standard InChI is InChI=1S/C12H17NO5/c1-6-9(18-3-2-17-6)10(14)13-8-5-12(11(15)16)4-7(8)12/h6-9H,2-5H2,1H3,(H,13,14)(H,15,16)/t6-,7-,8+,9-,12-/m0/s1. The van der Waals surface area contributed by atoms with E-state index in [1.807, 2.05) is 6.92 Å². The molecular formula is C12H17NO5. The van der Waals surface area contributed by atoms with Crippen LogP contribution in [0.15, 0.2) is 0 Å². The van der Waals surface area contributed by atoms with E-state index in [9.17, 15) is 9.59 Å². The fourth-order valence-electron chi connectivity index (χ4n) is 3.14. The van der Waals surface area contributed by atoms with E-state index in [2.05, 4.69) is 5.32 Å². The van der Waals surface area contributed by atoms with Crippen LogP contribution in [-0.2, 0) is 19.1 Å². The van der Waals surface area contributed by atoms with Gasteiger partial charge in [-0.3, -0.25) is 9.59 Å². The van der Waals surface area contributed by atoms with Crippen LogP contribution in [0.2, 0.25) is 0 Å². The molecule has 2 N–H and O–H groups in total. The van der Waals surface area contributed by atoms with E-state index in [-0.39, 0.29) is 24.0 Å². The van der Waals surface area contributed by atoms with Crippen molar-refractivity contribution in [3.63, 3.8) is 0 Å². The lowest BCUT2D eigenvalue weighted by atomic mass is 9.80. The fraction of sp³-hybridized carbons (Fsp3) is 0.833. The Morgan fingerprint density at radius 3 is 2.56 bits per heavy atom. The molecule has 6 heteroatoms. The Morgan fingerprint density at radius 1 is 1.28 bits per heavy atom. The molecule has 1 saturated heterocycles. The molecule has 0 aromatic heterocycles. The van der Waals surface area contributed by atoms with E-state index in [1.54, 1.807) is 0 Å². The lowest BCUT2D eigenvalue weighted by molar-refractivity contribution is -0.164. The van der Waals surface area contributed by atoms with E-state index >= 15 is 0 Å². The Labute approximate surface area is 105 Å². The Balaban J connectivity index is 1.53. The van der Waals surface area contributed by atoms with E-state index < -0.39 is 17.5 Å². The predicted octanol–water partition coefficient (Wildman–Crippen LogP) is -0.230. The summed E-state index contributed by atoms with van der Waals surface area (Å²) in [5.74, 6) is -0.805. The second-order valence-corrected chi connectivity index (χ2v) is 5.46. The molecule has 0 aromatic rings. The Kier molecular flexibility index (Phi) is 2.60. The first-order valence-electron chi connectivity index (χ1n) is 6.31. The number of hydrogen-bond acceptors (Lipinski definition) is 4. The number of rotatable bonds is 3. The van der Waals surface area contributed by atoms with E-state index in [0.29, 0.717) is 26.1 Å². The third kappa shape index (κ3) is 1.63. The topological polar surface area (TPSA) is 84.9 Å². The van der Waals surface area contributed by atoms with E-state index in [4.69, 9.17) is 14.6 Å². The zero-order valence-corrected chi connectivity index (χ0v) is 10.2. The lowest BCUT2D eigenvalue weighted by Crippen LogP contribution is -2.54. The molecule has 3 rings (SSSR count). The summed E-state index contributed by atoms with van der Waals surface area (Å²) in [6, 6.07) is -0.00803. The van der Waals surface area contributed by atoms with E-state index in [0.717, 1.165) is 0 Å². The summed E-state index contributed by atoms with van der Waals surface area (Å²) in [5, 5.41) is 11.9. The highest BCUT2D eigenvalue weighted by atomic mass is 16.6. The lowest BCUT2D eigenvalue weighted by Gasteiger charge is -2.35. The first kappa shape index (κ1) is 11.9. The zero-order chi connectivity index (χ0) is 12.9. The second kappa shape index (κ2) is 3.93. The maximum absolute atomic E-state index is 12.0. The number of nitrogens with one attached hydrogen (secondary N) is 1. The second-order valence-electron chi connectivity index (χ2n) is 5.46. The van der Waals surface area contributed by atoms with Crippen molar-refractivity contribution in [2.75, 3.05) is 13.2 Å². The molecule has 0 bridgehead atoms. The first-order valence-corrected chi connectivity index (χ1v) is 6.31. The van der Waals surface area contributed by atoms with Crippen molar-refractivity contribution in [1.29, 1.82) is 0 Å². The van der Waals surface area contributed by atoms with Gasteiger partial charge in [-0.15, -0.1) is 0 Å². The molecule has 1 amide bonds. The van der Waals surface area contributed by atoms with Gasteiger partial charge in [-0.05, 0) is 25.7 Å². The van der Waals surface area contributed by atoms with Gasteiger partial charge in [0.15, 0.2) is 6.10 Å². The summed E-state index contributed by atoms with van der Waals surface area (Å²) in [7, 11) is 0. The number of amides is 1. The molecule has 2 saturated carbocycles. The Morgan fingerprint density at radius 2 is 2.00 bits per heavy atom. The maximum atomic E-state index is 12.0. The van der Waals surface area contributed by atoms with Gasteiger partial charge in [0.05, 0.1) is 24.7 Å². The van der Waals surface area contributed by atoms with Crippen molar-refractivity contribution >= 4 is 11.9 Å². The molecule has 1 heterocycles. The summed E-state index contributed by atoms with van der Waals surface area (Å²) >= 11 is 0. The number of carbonyl (C=O) groups is 2. The molecule has 5 atom stereocenters. The number of hydrogen-bond donors (Lipinski definition) is 2. The number of aliphatic carboxylic acids is 1. The highest BCUT2D eigenvalue weighted by Crippen LogP contribution is 2.67. The molecule has 3 fully saturated rings. The monoisotopic (exact) mass is 255 g/mol. The highest BCUT2D eigenvalue weighted by Gasteiger charge is 2.72. The molecule has 0 radical (unpaired) electrons. The SMILES string of the molecule is C[C@@H]1OCCO[C@@H]1C(=O)N[C@@H]1C[C@@]2(C(=O)O)C[C@@H]12. The largest absolute Gasteiger partial charge is 0.481 e. The van der Waals surface area contributed by atoms with Gasteiger partial charge >= 0.3 is 5.97 Å². The average Bonchev–Trinajstić information content (AvgIpc) is 2.93. The van der Waals surface area contributed by atoms with Gasteiger partial charge in [0, 0.05) is 6.04 Å². The molecule has 100 valence electrons. The van der Waals surface area contributed by atoms with Crippen molar-refractivity contribution < 1.29 is 24.2 Å². The van der Waals surface area contributed by atoms with E-state index in [1.165, 1.54) is 0 Å². The predicted molar refractivity (Wildman–Crippen MR) is 59.9 cm³/mol. The van der Waals surface area contributed by atoms with Gasteiger partial charge in [-0.1, -0.05) is 0 Å². The third-order valence-corrected chi connectivity index (χ3v) is 4.40. The highest BCUT2D eigenvalue weighted by molar-refractivity contribution is 5.85. The summed E-state index contributed by atoms with van der Waals surface area (Å²) in [5.41, 5.74) is -0.534. The molecule has 2 aliphatic carbocycles. The molecule has 0 aromatic carbocycles. The van der Waals surface area contributed by atoms with Gasteiger partial charge in [-0.25, -0.2) is 0 Å². The summed E-state index contributed by atoms with van der Waals surface area (Å²) in [6.07, 6.45) is 0.408. The minimum atomic E-state index is -0.733. The van der Waals surface area contributed by atoms with Crippen molar-refractivity contribution in [2.24, 2.45) is 11.3 Å². The smallest absolute Gasteiger partial charge is 0.310 e. The van der Waals surface area contributed by atoms with Crippen LogP contribution in [0.1, 0.15) is 19.8 Å². The van der Waals surface area contributed by atoms with Crippen LogP contribution >= 0.6 is 0 Å².